The summed E-state index contributed by atoms with van der Waals surface area (Å²) >= 11 is 0. The first kappa shape index (κ1) is 20.7. The first-order chi connectivity index (χ1) is 14.5. The fourth-order valence-corrected chi connectivity index (χ4v) is 10.1. The Hall–Kier alpha value is -2.15. The van der Waals surface area contributed by atoms with E-state index in [-0.39, 0.29) is 16.4 Å². The van der Waals surface area contributed by atoms with Crippen molar-refractivity contribution in [2.45, 2.75) is 63.6 Å². The van der Waals surface area contributed by atoms with Crippen LogP contribution in [-0.2, 0) is 14.9 Å². The van der Waals surface area contributed by atoms with Crippen molar-refractivity contribution in [3.63, 3.8) is 0 Å². The van der Waals surface area contributed by atoms with Crippen LogP contribution in [0.15, 0.2) is 66.7 Å². The maximum atomic E-state index is 15.2. The van der Waals surface area contributed by atoms with Crippen LogP contribution in [0.4, 0.5) is 0 Å². The molecule has 0 N–H and O–H groups in total. The largest absolute Gasteiger partial charge is 0.351 e. The van der Waals surface area contributed by atoms with Crippen molar-refractivity contribution in [1.29, 1.82) is 0 Å². The van der Waals surface area contributed by atoms with Crippen LogP contribution in [0.3, 0.4) is 0 Å². The zero-order valence-corrected chi connectivity index (χ0v) is 20.2. The van der Waals surface area contributed by atoms with Gasteiger partial charge in [0.2, 0.25) is 0 Å². The summed E-state index contributed by atoms with van der Waals surface area (Å²) in [6, 6.07) is 21.2. The van der Waals surface area contributed by atoms with E-state index in [2.05, 4.69) is 114 Å². The second kappa shape index (κ2) is 6.44. The fourth-order valence-electron chi connectivity index (χ4n) is 5.71. The minimum absolute atomic E-state index is 0.0275. The van der Waals surface area contributed by atoms with Gasteiger partial charge in [-0.15, -0.1) is 0 Å². The molecule has 2 nitrogen and oxygen atoms in total. The van der Waals surface area contributed by atoms with Gasteiger partial charge in [-0.2, -0.15) is 0 Å². The van der Waals surface area contributed by atoms with E-state index < -0.39 is 12.7 Å². The van der Waals surface area contributed by atoms with Crippen molar-refractivity contribution < 1.29 is 9.30 Å². The summed E-state index contributed by atoms with van der Waals surface area (Å²) in [5.41, 5.74) is 2.87. The van der Waals surface area contributed by atoms with Gasteiger partial charge >= 0.3 is 0 Å². The molecule has 0 radical (unpaired) electrons. The van der Waals surface area contributed by atoms with Gasteiger partial charge in [0.1, 0.15) is 13.2 Å². The lowest BCUT2D eigenvalue weighted by molar-refractivity contribution is 0.341. The minimum Gasteiger partial charge on any atom is -0.351 e. The number of benzene rings is 3. The van der Waals surface area contributed by atoms with Gasteiger partial charge in [-0.3, -0.25) is 0 Å². The molecule has 31 heavy (non-hydrogen) atoms. The molecule has 3 aromatic carbocycles. The van der Waals surface area contributed by atoms with Crippen molar-refractivity contribution in [2.24, 2.45) is 0 Å². The Morgan fingerprint density at radius 1 is 0.839 bits per heavy atom. The molecule has 160 valence electrons. The van der Waals surface area contributed by atoms with Crippen molar-refractivity contribution in [2.75, 3.05) is 0 Å². The topological polar surface area (TPSA) is 29.6 Å². The van der Waals surface area contributed by atoms with Gasteiger partial charge in [0.25, 0.3) is 0 Å². The highest BCUT2D eigenvalue weighted by Gasteiger charge is 2.63. The van der Waals surface area contributed by atoms with Crippen LogP contribution in [0.1, 0.15) is 58.2 Å². The monoisotopic (exact) mass is 430 g/mol. The van der Waals surface area contributed by atoms with E-state index >= 15 is 4.57 Å². The highest BCUT2D eigenvalue weighted by molar-refractivity contribution is 7.74. The molecular formula is C28H31O2P. The van der Waals surface area contributed by atoms with E-state index in [1.54, 1.807) is 0 Å². The standard InChI is InChI=1S/C28H31O2P/c1-26(2,3)31(29,27(4,5)6)23-17-15-19-11-7-9-13-21(19)25(23)28-22-14-10-8-12-20(22)16-18-24(28)30-28/h7-18,24H,1-6H3. The quantitative estimate of drug-likeness (QED) is 0.321. The molecule has 2 unspecified atom stereocenters. The van der Waals surface area contributed by atoms with Crippen LogP contribution >= 0.6 is 7.14 Å². The van der Waals surface area contributed by atoms with Crippen LogP contribution in [0, 0.1) is 0 Å². The Morgan fingerprint density at radius 2 is 1.48 bits per heavy atom. The maximum absolute atomic E-state index is 15.2. The lowest BCUT2D eigenvalue weighted by atomic mass is 9.80. The van der Waals surface area contributed by atoms with Crippen LogP contribution < -0.4 is 5.30 Å². The zero-order valence-electron chi connectivity index (χ0n) is 19.3. The van der Waals surface area contributed by atoms with Gasteiger partial charge in [0.15, 0.2) is 5.60 Å². The molecule has 0 bridgehead atoms. The molecular weight excluding hydrogens is 399 g/mol. The molecule has 3 heteroatoms. The van der Waals surface area contributed by atoms with Crippen LogP contribution in [0.2, 0.25) is 0 Å². The summed E-state index contributed by atoms with van der Waals surface area (Å²) in [5.74, 6) is 0. The van der Waals surface area contributed by atoms with E-state index in [0.29, 0.717) is 0 Å². The van der Waals surface area contributed by atoms with E-state index in [4.69, 9.17) is 4.74 Å². The van der Waals surface area contributed by atoms with E-state index in [1.807, 2.05) is 0 Å². The van der Waals surface area contributed by atoms with Crippen LogP contribution in [0.25, 0.3) is 16.8 Å². The summed E-state index contributed by atoms with van der Waals surface area (Å²) in [6.45, 7) is 12.7. The van der Waals surface area contributed by atoms with E-state index in [1.165, 1.54) is 11.1 Å². The molecule has 1 saturated heterocycles. The van der Waals surface area contributed by atoms with Gasteiger partial charge in [-0.25, -0.2) is 0 Å². The molecule has 1 fully saturated rings. The Kier molecular flexibility index (Phi) is 4.31. The summed E-state index contributed by atoms with van der Waals surface area (Å²) in [7, 11) is -2.88. The van der Waals surface area contributed by atoms with Gasteiger partial charge in [0.05, 0.1) is 0 Å². The number of ether oxygens (including phenoxy) is 1. The van der Waals surface area contributed by atoms with Gasteiger partial charge in [0, 0.05) is 21.2 Å². The summed E-state index contributed by atoms with van der Waals surface area (Å²) in [6.07, 6.45) is 4.29. The van der Waals surface area contributed by atoms with E-state index in [9.17, 15) is 0 Å². The van der Waals surface area contributed by atoms with Crippen LogP contribution in [-0.4, -0.2) is 16.4 Å². The number of fused-ring (bicyclic) bond motifs is 4. The number of rotatable bonds is 2. The second-order valence-corrected chi connectivity index (χ2v) is 15.2. The third kappa shape index (κ3) is 2.71. The summed E-state index contributed by atoms with van der Waals surface area (Å²) in [4.78, 5) is 0. The van der Waals surface area contributed by atoms with E-state index in [0.717, 1.165) is 21.6 Å². The molecule has 3 aromatic rings. The second-order valence-electron chi connectivity index (χ2n) is 10.9. The molecule has 0 spiro atoms. The zero-order chi connectivity index (χ0) is 22.2. The lowest BCUT2D eigenvalue weighted by Gasteiger charge is -2.43. The molecule has 2 atom stereocenters. The first-order valence-electron chi connectivity index (χ1n) is 11.1. The third-order valence-electron chi connectivity index (χ3n) is 6.97. The third-order valence-corrected chi connectivity index (χ3v) is 11.8. The van der Waals surface area contributed by atoms with Crippen molar-refractivity contribution >= 4 is 29.3 Å². The van der Waals surface area contributed by atoms with Crippen molar-refractivity contribution in [3.05, 3.63) is 83.4 Å². The highest BCUT2D eigenvalue weighted by Crippen LogP contribution is 2.68. The summed E-state index contributed by atoms with van der Waals surface area (Å²) < 4.78 is 21.7. The Labute approximate surface area is 185 Å². The Bertz CT molecular complexity index is 1250. The highest BCUT2D eigenvalue weighted by atomic mass is 31.2. The van der Waals surface area contributed by atoms with Gasteiger partial charge < -0.3 is 9.30 Å². The molecule has 0 saturated carbocycles. The average Bonchev–Trinajstić information content (AvgIpc) is 3.46. The normalized spacial score (nSPS) is 22.8. The lowest BCUT2D eigenvalue weighted by Crippen LogP contribution is -2.38. The molecule has 1 aliphatic heterocycles. The summed E-state index contributed by atoms with van der Waals surface area (Å²) in [5, 5.41) is 2.51. The molecule has 1 aliphatic carbocycles. The molecule has 1 heterocycles. The first-order valence-corrected chi connectivity index (χ1v) is 12.8. The Morgan fingerprint density at radius 3 is 2.19 bits per heavy atom. The number of epoxide rings is 1. The van der Waals surface area contributed by atoms with Crippen LogP contribution in [0.5, 0.6) is 0 Å². The average molecular weight is 431 g/mol. The van der Waals surface area contributed by atoms with Gasteiger partial charge in [-0.05, 0) is 21.9 Å². The predicted octanol–water partition coefficient (Wildman–Crippen LogP) is 7.09. The number of hydrogen-bond donors (Lipinski definition) is 0. The van der Waals surface area contributed by atoms with Crippen molar-refractivity contribution in [3.8, 4) is 0 Å². The fraction of sp³-hybridized carbons (Fsp3) is 0.357. The molecule has 2 aliphatic rings. The SMILES string of the molecule is CC(C)(C)P(=O)(c1ccc2ccccc2c1C12OC1C=Cc1ccccc12)C(C)(C)C. The molecule has 5 rings (SSSR count). The molecule has 0 amide bonds. The van der Waals surface area contributed by atoms with Crippen molar-refractivity contribution in [1.82, 2.24) is 0 Å². The molecule has 0 aromatic heterocycles. The maximum Gasteiger partial charge on any atom is 0.151 e. The smallest absolute Gasteiger partial charge is 0.151 e. The van der Waals surface area contributed by atoms with Gasteiger partial charge in [-0.1, -0.05) is 114 Å². The predicted molar refractivity (Wildman–Crippen MR) is 132 cm³/mol. The minimum atomic E-state index is -2.88. The Balaban J connectivity index is 1.93. The number of hydrogen-bond acceptors (Lipinski definition) is 2.